The van der Waals surface area contributed by atoms with Crippen molar-refractivity contribution in [2.24, 2.45) is 0 Å². The third-order valence-electron chi connectivity index (χ3n) is 3.01. The Labute approximate surface area is 123 Å². The number of aromatic nitrogens is 4. The second-order valence-corrected chi connectivity index (χ2v) is 5.57. The molecule has 0 saturated carbocycles. The molecule has 1 atom stereocenters. The highest BCUT2D eigenvalue weighted by atomic mass is 127. The fourth-order valence-electron chi connectivity index (χ4n) is 1.67. The summed E-state index contributed by atoms with van der Waals surface area (Å²) < 4.78 is 3.82. The maximum atomic E-state index is 11.7. The van der Waals surface area contributed by atoms with Crippen LogP contribution >= 0.6 is 22.6 Å². The van der Waals surface area contributed by atoms with Crippen LogP contribution in [0.3, 0.4) is 0 Å². The van der Waals surface area contributed by atoms with Crippen LogP contribution in [-0.2, 0) is 6.54 Å². The molecule has 0 amide bonds. The Morgan fingerprint density at radius 3 is 2.89 bits per heavy atom. The summed E-state index contributed by atoms with van der Waals surface area (Å²) in [4.78, 5) is 25.2. The van der Waals surface area contributed by atoms with Crippen molar-refractivity contribution < 1.29 is 0 Å². The van der Waals surface area contributed by atoms with E-state index in [0.717, 1.165) is 12.1 Å². The van der Waals surface area contributed by atoms with Crippen molar-refractivity contribution in [1.82, 2.24) is 19.3 Å². The maximum absolute atomic E-state index is 11.7. The van der Waals surface area contributed by atoms with Gasteiger partial charge in [-0.3, -0.25) is 19.0 Å². The minimum atomic E-state index is -0.413. The molecule has 0 aliphatic rings. The van der Waals surface area contributed by atoms with Crippen LogP contribution in [-0.4, -0.2) is 19.3 Å². The van der Waals surface area contributed by atoms with Crippen molar-refractivity contribution in [3.8, 4) is 0 Å². The Morgan fingerprint density at radius 2 is 2.21 bits per heavy atom. The van der Waals surface area contributed by atoms with E-state index < -0.39 is 5.69 Å². The molecule has 0 aromatic carbocycles. The first-order valence-electron chi connectivity index (χ1n) is 6.04. The Bertz CT molecular complexity index is 686. The molecule has 2 aromatic rings. The van der Waals surface area contributed by atoms with E-state index in [9.17, 15) is 9.59 Å². The van der Waals surface area contributed by atoms with E-state index >= 15 is 0 Å². The van der Waals surface area contributed by atoms with Crippen molar-refractivity contribution in [3.05, 3.63) is 48.6 Å². The van der Waals surface area contributed by atoms with Gasteiger partial charge in [0.2, 0.25) is 0 Å². The van der Waals surface area contributed by atoms with E-state index in [1.54, 1.807) is 6.20 Å². The van der Waals surface area contributed by atoms with Gasteiger partial charge in [0.1, 0.15) is 0 Å². The topological polar surface area (TPSA) is 72.7 Å². The molecule has 0 bridgehead atoms. The number of hydrogen-bond acceptors (Lipinski definition) is 3. The number of rotatable bonds is 4. The largest absolute Gasteiger partial charge is 0.328 e. The Balaban J connectivity index is 2.27. The van der Waals surface area contributed by atoms with Crippen LogP contribution in [0.2, 0.25) is 0 Å². The zero-order valence-electron chi connectivity index (χ0n) is 10.8. The summed E-state index contributed by atoms with van der Waals surface area (Å²) in [6, 6.07) is 2.22. The Kier molecular flexibility index (Phi) is 4.23. The van der Waals surface area contributed by atoms with Crippen molar-refractivity contribution in [2.75, 3.05) is 0 Å². The Hall–Kier alpha value is -1.38. The summed E-state index contributed by atoms with van der Waals surface area (Å²) in [5, 5.41) is 4.43. The van der Waals surface area contributed by atoms with E-state index in [1.165, 1.54) is 4.57 Å². The lowest BCUT2D eigenvalue weighted by Gasteiger charge is -2.08. The van der Waals surface area contributed by atoms with Gasteiger partial charge in [-0.25, -0.2) is 4.79 Å². The first-order chi connectivity index (χ1) is 9.01. The smallest absolute Gasteiger partial charge is 0.293 e. The Morgan fingerprint density at radius 1 is 1.47 bits per heavy atom. The van der Waals surface area contributed by atoms with E-state index in [2.05, 4.69) is 23.9 Å². The molecule has 0 radical (unpaired) electrons. The minimum absolute atomic E-state index is 0.334. The zero-order chi connectivity index (χ0) is 14.0. The molecular weight excluding hydrogens is 359 g/mol. The standard InChI is InChI=1S/C12H15IN4O2/c1-3-8(2)17-5-4-9(15-17)6-16-7-10(13)11(18)14-12(16)19/h4-5,7-8H,3,6H2,1-2H3,(H,14,18,19). The SMILES string of the molecule is CCC(C)n1ccc(Cn2cc(I)c(=O)[nH]c2=O)n1. The predicted octanol–water partition coefficient (Wildman–Crippen LogP) is 1.36. The van der Waals surface area contributed by atoms with Crippen LogP contribution < -0.4 is 11.2 Å². The average molecular weight is 374 g/mol. The molecule has 19 heavy (non-hydrogen) atoms. The molecule has 2 heterocycles. The quantitative estimate of drug-likeness (QED) is 0.822. The van der Waals surface area contributed by atoms with Crippen molar-refractivity contribution in [2.45, 2.75) is 32.9 Å². The number of halogens is 1. The summed E-state index contributed by atoms with van der Waals surface area (Å²) in [5.41, 5.74) is 0.0285. The number of hydrogen-bond donors (Lipinski definition) is 1. The monoisotopic (exact) mass is 374 g/mol. The molecule has 2 rings (SSSR count). The molecule has 102 valence electrons. The van der Waals surface area contributed by atoms with Gasteiger partial charge in [0, 0.05) is 18.4 Å². The maximum Gasteiger partial charge on any atom is 0.328 e. The van der Waals surface area contributed by atoms with Gasteiger partial charge in [0.15, 0.2) is 0 Å². The van der Waals surface area contributed by atoms with E-state index in [4.69, 9.17) is 0 Å². The molecule has 2 aromatic heterocycles. The summed E-state index contributed by atoms with van der Waals surface area (Å²) in [5.74, 6) is 0. The van der Waals surface area contributed by atoms with Crippen molar-refractivity contribution in [3.63, 3.8) is 0 Å². The van der Waals surface area contributed by atoms with Crippen LogP contribution in [0, 0.1) is 3.57 Å². The molecule has 6 nitrogen and oxygen atoms in total. The first-order valence-corrected chi connectivity index (χ1v) is 7.12. The van der Waals surface area contributed by atoms with Crippen LogP contribution in [0.15, 0.2) is 28.0 Å². The molecule has 1 unspecified atom stereocenters. The number of nitrogens with zero attached hydrogens (tertiary/aromatic N) is 3. The van der Waals surface area contributed by atoms with Crippen LogP contribution in [0.1, 0.15) is 32.0 Å². The van der Waals surface area contributed by atoms with Gasteiger partial charge < -0.3 is 0 Å². The van der Waals surface area contributed by atoms with E-state index in [-0.39, 0.29) is 5.56 Å². The molecule has 7 heteroatoms. The van der Waals surface area contributed by atoms with Gasteiger partial charge >= 0.3 is 5.69 Å². The zero-order valence-corrected chi connectivity index (χ0v) is 12.9. The molecule has 1 N–H and O–H groups in total. The van der Waals surface area contributed by atoms with Crippen molar-refractivity contribution in [1.29, 1.82) is 0 Å². The second-order valence-electron chi connectivity index (χ2n) is 4.41. The summed E-state index contributed by atoms with van der Waals surface area (Å²) in [6.07, 6.45) is 4.45. The van der Waals surface area contributed by atoms with Gasteiger partial charge in [-0.1, -0.05) is 6.92 Å². The lowest BCUT2D eigenvalue weighted by molar-refractivity contribution is 0.471. The molecule has 0 aliphatic heterocycles. The van der Waals surface area contributed by atoms with Gasteiger partial charge in [0.05, 0.1) is 15.8 Å². The fraction of sp³-hybridized carbons (Fsp3) is 0.417. The summed E-state index contributed by atoms with van der Waals surface area (Å²) in [6.45, 7) is 4.54. The third kappa shape index (κ3) is 3.14. The molecule has 0 aliphatic carbocycles. The van der Waals surface area contributed by atoms with Gasteiger partial charge in [0.25, 0.3) is 5.56 Å². The summed E-state index contributed by atoms with van der Waals surface area (Å²) in [7, 11) is 0. The highest BCUT2D eigenvalue weighted by Crippen LogP contribution is 2.09. The van der Waals surface area contributed by atoms with Gasteiger partial charge in [-0.05, 0) is 42.0 Å². The highest BCUT2D eigenvalue weighted by molar-refractivity contribution is 14.1. The van der Waals surface area contributed by atoms with Crippen LogP contribution in [0.4, 0.5) is 0 Å². The predicted molar refractivity (Wildman–Crippen MR) is 80.4 cm³/mol. The highest BCUT2D eigenvalue weighted by Gasteiger charge is 2.07. The van der Waals surface area contributed by atoms with E-state index in [0.29, 0.717) is 16.2 Å². The normalized spacial score (nSPS) is 12.6. The van der Waals surface area contributed by atoms with E-state index in [1.807, 2.05) is 39.5 Å². The number of nitrogens with one attached hydrogen (secondary N) is 1. The van der Waals surface area contributed by atoms with Crippen LogP contribution in [0.5, 0.6) is 0 Å². The lowest BCUT2D eigenvalue weighted by Crippen LogP contribution is -2.31. The third-order valence-corrected chi connectivity index (χ3v) is 3.77. The van der Waals surface area contributed by atoms with Crippen LogP contribution in [0.25, 0.3) is 0 Å². The molecular formula is C12H15IN4O2. The van der Waals surface area contributed by atoms with Gasteiger partial charge in [-0.2, -0.15) is 5.10 Å². The van der Waals surface area contributed by atoms with Crippen molar-refractivity contribution >= 4 is 22.6 Å². The number of aromatic amines is 1. The lowest BCUT2D eigenvalue weighted by atomic mass is 10.3. The fourth-order valence-corrected chi connectivity index (χ4v) is 2.14. The number of H-pyrrole nitrogens is 1. The average Bonchev–Trinajstić information content (AvgIpc) is 2.83. The minimum Gasteiger partial charge on any atom is -0.293 e. The van der Waals surface area contributed by atoms with Gasteiger partial charge in [-0.15, -0.1) is 0 Å². The summed E-state index contributed by atoms with van der Waals surface area (Å²) >= 11 is 1.90. The second kappa shape index (κ2) is 5.72. The molecule has 0 saturated heterocycles. The molecule has 0 spiro atoms. The first kappa shape index (κ1) is 14.0. The molecule has 0 fully saturated rings.